The molecule has 1 aromatic carbocycles. The maximum absolute atomic E-state index is 7.48. The van der Waals surface area contributed by atoms with Gasteiger partial charge < -0.3 is 10.6 Å². The first-order valence-electron chi connectivity index (χ1n) is 12.4. The molecule has 2 heterocycles. The third-order valence-corrected chi connectivity index (χ3v) is 6.73. The van der Waals surface area contributed by atoms with Gasteiger partial charge >= 0.3 is 0 Å². The van der Waals surface area contributed by atoms with Gasteiger partial charge in [0.25, 0.3) is 6.67 Å². The molecule has 33 heavy (non-hydrogen) atoms. The van der Waals surface area contributed by atoms with Crippen LogP contribution in [-0.4, -0.2) is 58.2 Å². The Balaban J connectivity index is 1.59. The minimum Gasteiger partial charge on any atom is -0.352 e. The highest BCUT2D eigenvalue weighted by Gasteiger charge is 2.24. The maximum Gasteiger partial charge on any atom is 0.295 e. The van der Waals surface area contributed by atoms with Crippen molar-refractivity contribution in [3.05, 3.63) is 41.7 Å². The predicted molar refractivity (Wildman–Crippen MR) is 134 cm³/mol. The van der Waals surface area contributed by atoms with Gasteiger partial charge in [-0.1, -0.05) is 50.8 Å². The average Bonchev–Trinajstić information content (AvgIpc) is 3.16. The molecule has 0 amide bonds. The van der Waals surface area contributed by atoms with Gasteiger partial charge in [-0.2, -0.15) is 15.0 Å². The van der Waals surface area contributed by atoms with E-state index in [-0.39, 0.29) is 6.67 Å². The molecule has 176 valence electrons. The first kappa shape index (κ1) is 23.2. The Kier molecular flexibility index (Phi) is 8.31. The molecule has 1 saturated heterocycles. The fourth-order valence-electron chi connectivity index (χ4n) is 4.93. The number of likely N-dealkylation sites (tertiary alicyclic amines) is 1. The molecule has 1 aliphatic carbocycles. The molecule has 1 aliphatic heterocycles. The number of rotatable bonds is 9. The highest BCUT2D eigenvalue weighted by molar-refractivity contribution is 5.59. The summed E-state index contributed by atoms with van der Waals surface area (Å²) in [6.07, 6.45) is 9.80. The van der Waals surface area contributed by atoms with Gasteiger partial charge in [-0.15, -0.1) is 0 Å². The van der Waals surface area contributed by atoms with Crippen LogP contribution in [0.2, 0.25) is 0 Å². The van der Waals surface area contributed by atoms with E-state index in [1.54, 1.807) is 0 Å². The summed E-state index contributed by atoms with van der Waals surface area (Å²) in [5, 5.41) is 7.06. The third-order valence-electron chi connectivity index (χ3n) is 6.73. The number of nitrogens with one attached hydrogen (secondary N) is 2. The Bertz CT molecular complexity index is 904. The number of aromatic nitrogens is 3. The molecular formula is C25H36N8. The molecule has 0 unspecified atom stereocenters. The summed E-state index contributed by atoms with van der Waals surface area (Å²) in [6, 6.07) is 10.8. The number of benzene rings is 1. The fraction of sp³-hybridized carbons (Fsp3) is 0.600. The first-order chi connectivity index (χ1) is 16.3. The molecule has 2 N–H and O–H groups in total. The normalized spacial score (nSPS) is 19.6. The summed E-state index contributed by atoms with van der Waals surface area (Å²) in [6.45, 7) is 12.9. The van der Waals surface area contributed by atoms with Crippen LogP contribution in [0.5, 0.6) is 0 Å². The van der Waals surface area contributed by atoms with Crippen LogP contribution in [0.1, 0.15) is 58.3 Å². The SMILES string of the molecule is [C-]#[N+]CN(c1ccccc1)c1nc(NC[C@@H]2CCCN2CC)nc(NC2CCCCCC2)n1. The largest absolute Gasteiger partial charge is 0.352 e. The van der Waals surface area contributed by atoms with Crippen LogP contribution in [0, 0.1) is 6.57 Å². The number of anilines is 4. The monoisotopic (exact) mass is 448 g/mol. The number of nitrogens with zero attached hydrogens (tertiary/aromatic N) is 6. The van der Waals surface area contributed by atoms with E-state index >= 15 is 0 Å². The average molecular weight is 449 g/mol. The molecule has 4 rings (SSSR count). The minimum absolute atomic E-state index is 0.155. The van der Waals surface area contributed by atoms with E-state index in [9.17, 15) is 0 Å². The van der Waals surface area contributed by atoms with E-state index in [4.69, 9.17) is 21.5 Å². The van der Waals surface area contributed by atoms with E-state index in [0.717, 1.165) is 38.2 Å². The Morgan fingerprint density at radius 2 is 1.76 bits per heavy atom. The van der Waals surface area contributed by atoms with Crippen molar-refractivity contribution in [3.8, 4) is 0 Å². The van der Waals surface area contributed by atoms with Crippen molar-refractivity contribution in [2.75, 3.05) is 41.8 Å². The van der Waals surface area contributed by atoms with Crippen LogP contribution >= 0.6 is 0 Å². The Morgan fingerprint density at radius 1 is 1.00 bits per heavy atom. The van der Waals surface area contributed by atoms with Gasteiger partial charge in [-0.3, -0.25) is 9.74 Å². The number of para-hydroxylation sites is 1. The van der Waals surface area contributed by atoms with Crippen LogP contribution in [0.3, 0.4) is 0 Å². The van der Waals surface area contributed by atoms with E-state index in [1.807, 2.05) is 35.2 Å². The lowest BCUT2D eigenvalue weighted by atomic mass is 10.1. The van der Waals surface area contributed by atoms with E-state index < -0.39 is 0 Å². The molecule has 0 radical (unpaired) electrons. The zero-order valence-electron chi connectivity index (χ0n) is 19.7. The van der Waals surface area contributed by atoms with Crippen LogP contribution in [0.25, 0.3) is 4.85 Å². The lowest BCUT2D eigenvalue weighted by Crippen LogP contribution is -2.35. The van der Waals surface area contributed by atoms with Crippen molar-refractivity contribution in [1.82, 2.24) is 19.9 Å². The summed E-state index contributed by atoms with van der Waals surface area (Å²) >= 11 is 0. The molecule has 0 bridgehead atoms. The summed E-state index contributed by atoms with van der Waals surface area (Å²) in [4.78, 5) is 22.2. The molecule has 1 atom stereocenters. The molecule has 2 aliphatic rings. The van der Waals surface area contributed by atoms with Crippen LogP contribution in [0.15, 0.2) is 30.3 Å². The molecule has 8 nitrogen and oxygen atoms in total. The molecule has 2 fully saturated rings. The van der Waals surface area contributed by atoms with Gasteiger partial charge in [0, 0.05) is 18.6 Å². The second kappa shape index (κ2) is 11.8. The van der Waals surface area contributed by atoms with E-state index in [2.05, 4.69) is 27.3 Å². The van der Waals surface area contributed by atoms with Gasteiger partial charge in [0.15, 0.2) is 0 Å². The summed E-state index contributed by atoms with van der Waals surface area (Å²) in [5.41, 5.74) is 0.902. The maximum atomic E-state index is 7.48. The van der Waals surface area contributed by atoms with Gasteiger partial charge in [-0.25, -0.2) is 11.5 Å². The topological polar surface area (TPSA) is 73.6 Å². The quantitative estimate of drug-likeness (QED) is 0.417. The summed E-state index contributed by atoms with van der Waals surface area (Å²) < 4.78 is 0. The smallest absolute Gasteiger partial charge is 0.295 e. The zero-order valence-corrected chi connectivity index (χ0v) is 19.7. The number of likely N-dealkylation sites (N-methyl/N-ethyl adjacent to an activating group) is 1. The molecule has 2 aromatic rings. The standard InChI is InChI=1S/C25H36N8/c1-3-32-17-11-16-22(32)18-27-23-29-24(28-20-12-7-4-5-8-13-20)31-25(30-23)33(19-26-2)21-14-9-6-10-15-21/h6,9-10,14-15,20,22H,3-5,7-8,11-13,16-19H2,1H3,(H2,27,28,29,30,31)/t22-/m0/s1. The van der Waals surface area contributed by atoms with Gasteiger partial charge in [0.2, 0.25) is 17.8 Å². The third kappa shape index (κ3) is 6.32. The second-order valence-corrected chi connectivity index (χ2v) is 8.98. The lowest BCUT2D eigenvalue weighted by Gasteiger charge is -2.24. The Labute approximate surface area is 197 Å². The molecule has 1 saturated carbocycles. The molecule has 8 heteroatoms. The van der Waals surface area contributed by atoms with E-state index in [1.165, 1.54) is 38.5 Å². The van der Waals surface area contributed by atoms with Crippen molar-refractivity contribution in [2.45, 2.75) is 70.4 Å². The first-order valence-corrected chi connectivity index (χ1v) is 12.4. The van der Waals surface area contributed by atoms with Crippen LogP contribution < -0.4 is 15.5 Å². The second-order valence-electron chi connectivity index (χ2n) is 8.98. The van der Waals surface area contributed by atoms with Crippen molar-refractivity contribution in [1.29, 1.82) is 0 Å². The zero-order chi connectivity index (χ0) is 22.9. The lowest BCUT2D eigenvalue weighted by molar-refractivity contribution is 0.277. The Hall–Kier alpha value is -2.92. The minimum atomic E-state index is 0.155. The highest BCUT2D eigenvalue weighted by atomic mass is 15.4. The number of hydrogen-bond donors (Lipinski definition) is 2. The van der Waals surface area contributed by atoms with Crippen LogP contribution in [-0.2, 0) is 0 Å². The van der Waals surface area contributed by atoms with Crippen molar-refractivity contribution in [3.63, 3.8) is 0 Å². The van der Waals surface area contributed by atoms with Crippen LogP contribution in [0.4, 0.5) is 23.5 Å². The van der Waals surface area contributed by atoms with Gasteiger partial charge in [0.05, 0.1) is 5.69 Å². The molecular weight excluding hydrogens is 412 g/mol. The summed E-state index contributed by atoms with van der Waals surface area (Å²) in [5.74, 6) is 1.67. The van der Waals surface area contributed by atoms with Crippen molar-refractivity contribution < 1.29 is 0 Å². The number of hydrogen-bond acceptors (Lipinski definition) is 7. The van der Waals surface area contributed by atoms with E-state index in [0.29, 0.717) is 29.9 Å². The molecule has 1 aromatic heterocycles. The molecule has 0 spiro atoms. The predicted octanol–water partition coefficient (Wildman–Crippen LogP) is 4.92. The van der Waals surface area contributed by atoms with Crippen molar-refractivity contribution >= 4 is 23.5 Å². The fourth-order valence-corrected chi connectivity index (χ4v) is 4.93. The van der Waals surface area contributed by atoms with Gasteiger partial charge in [0.1, 0.15) is 0 Å². The Morgan fingerprint density at radius 3 is 2.48 bits per heavy atom. The van der Waals surface area contributed by atoms with Crippen molar-refractivity contribution in [2.24, 2.45) is 0 Å². The summed E-state index contributed by atoms with van der Waals surface area (Å²) in [7, 11) is 0. The van der Waals surface area contributed by atoms with Gasteiger partial charge in [-0.05, 0) is 50.9 Å². The highest BCUT2D eigenvalue weighted by Crippen LogP contribution is 2.26.